The van der Waals surface area contributed by atoms with Gasteiger partial charge >= 0.3 is 15.6 Å². The Morgan fingerprint density at radius 1 is 0.921 bits per heavy atom. The monoisotopic (exact) mass is 576 g/mol. The fourth-order valence-electron chi connectivity index (χ4n) is 5.30. The molecule has 0 bridgehead atoms. The summed E-state index contributed by atoms with van der Waals surface area (Å²) >= 11 is 0. The zero-order valence-corrected chi connectivity index (χ0v) is 26.2. The van der Waals surface area contributed by atoms with Crippen molar-refractivity contribution >= 4 is 15.6 Å². The second kappa shape index (κ2) is 14.1. The van der Waals surface area contributed by atoms with Crippen LogP contribution in [0.3, 0.4) is 0 Å². The lowest BCUT2D eigenvalue weighted by Gasteiger charge is -2.37. The number of aryl methyl sites for hydroxylation is 1. The van der Waals surface area contributed by atoms with Crippen molar-refractivity contribution < 1.29 is 37.4 Å². The molecular formula is C28H50O8P2. The van der Waals surface area contributed by atoms with Gasteiger partial charge < -0.3 is 19.0 Å². The van der Waals surface area contributed by atoms with Crippen molar-refractivity contribution in [2.45, 2.75) is 125 Å². The molecule has 1 aliphatic heterocycles. The van der Waals surface area contributed by atoms with E-state index >= 15 is 0 Å². The molecule has 0 fully saturated rings. The molecule has 1 aliphatic rings. The van der Waals surface area contributed by atoms with Crippen LogP contribution in [0.2, 0.25) is 0 Å². The molecule has 0 radical (unpaired) electrons. The van der Waals surface area contributed by atoms with Crippen LogP contribution in [-0.4, -0.2) is 20.3 Å². The zero-order chi connectivity index (χ0) is 28.7. The number of hydrogen-bond acceptors (Lipinski definition) is 5. The molecule has 3 N–H and O–H groups in total. The van der Waals surface area contributed by atoms with Crippen LogP contribution in [0, 0.1) is 31.6 Å². The largest absolute Gasteiger partial charge is 0.536 e. The highest BCUT2D eigenvalue weighted by Crippen LogP contribution is 2.58. The lowest BCUT2D eigenvalue weighted by atomic mass is 9.85. The van der Waals surface area contributed by atoms with Crippen molar-refractivity contribution in [1.29, 1.82) is 0 Å². The highest BCUT2D eigenvalue weighted by Gasteiger charge is 2.37. The predicted octanol–water partition coefficient (Wildman–Crippen LogP) is 8.41. The zero-order valence-electron chi connectivity index (χ0n) is 24.4. The maximum absolute atomic E-state index is 12.1. The van der Waals surface area contributed by atoms with Gasteiger partial charge in [-0.25, -0.2) is 9.13 Å². The lowest BCUT2D eigenvalue weighted by Crippen LogP contribution is -2.36. The van der Waals surface area contributed by atoms with Gasteiger partial charge in [0, 0.05) is 0 Å². The van der Waals surface area contributed by atoms with E-state index in [2.05, 4.69) is 38.9 Å². The Hall–Kier alpha value is -0.880. The SMILES string of the molecule is Cc1c(OP(=O)(O)OP(=O)(O)O)cc2c(c1C)OC(C)(CCCC(C)CCCC(C)CCCC(C)C)CC2. The van der Waals surface area contributed by atoms with E-state index in [-0.39, 0.29) is 11.4 Å². The van der Waals surface area contributed by atoms with E-state index in [0.29, 0.717) is 17.9 Å². The Morgan fingerprint density at radius 3 is 2.03 bits per heavy atom. The Morgan fingerprint density at radius 2 is 1.47 bits per heavy atom. The van der Waals surface area contributed by atoms with Crippen LogP contribution >= 0.6 is 15.6 Å². The van der Waals surface area contributed by atoms with Crippen LogP contribution in [0.4, 0.5) is 0 Å². The molecule has 0 amide bonds. The van der Waals surface area contributed by atoms with Crippen LogP contribution in [-0.2, 0) is 19.9 Å². The molecule has 4 unspecified atom stereocenters. The highest BCUT2D eigenvalue weighted by molar-refractivity contribution is 7.60. The van der Waals surface area contributed by atoms with E-state index in [0.717, 1.165) is 48.0 Å². The Labute approximate surface area is 229 Å². The summed E-state index contributed by atoms with van der Waals surface area (Å²) in [6.07, 6.45) is 12.7. The second-order valence-electron chi connectivity index (χ2n) is 12.2. The van der Waals surface area contributed by atoms with Gasteiger partial charge in [0.05, 0.1) is 0 Å². The van der Waals surface area contributed by atoms with Crippen molar-refractivity contribution in [3.05, 3.63) is 22.8 Å². The maximum Gasteiger partial charge on any atom is 0.536 e. The van der Waals surface area contributed by atoms with Gasteiger partial charge in [0.1, 0.15) is 17.1 Å². The summed E-state index contributed by atoms with van der Waals surface area (Å²) in [7, 11) is -10.2. The van der Waals surface area contributed by atoms with Gasteiger partial charge in [-0.2, -0.15) is 4.31 Å². The molecule has 220 valence electrons. The Kier molecular flexibility index (Phi) is 12.4. The van der Waals surface area contributed by atoms with E-state index in [1.54, 1.807) is 13.0 Å². The molecule has 1 heterocycles. The smallest absolute Gasteiger partial charge is 0.487 e. The molecule has 2 rings (SSSR count). The maximum atomic E-state index is 12.1. The minimum Gasteiger partial charge on any atom is -0.487 e. The number of phosphoric acid groups is 2. The normalized spacial score (nSPS) is 20.9. The van der Waals surface area contributed by atoms with Gasteiger partial charge in [-0.3, -0.25) is 4.89 Å². The molecule has 38 heavy (non-hydrogen) atoms. The molecule has 1 aromatic rings. The van der Waals surface area contributed by atoms with Gasteiger partial charge in [-0.05, 0) is 87.0 Å². The molecule has 4 atom stereocenters. The first-order valence-electron chi connectivity index (χ1n) is 14.1. The first-order valence-corrected chi connectivity index (χ1v) is 17.1. The van der Waals surface area contributed by atoms with Gasteiger partial charge in [0.15, 0.2) is 0 Å². The molecule has 0 saturated carbocycles. The van der Waals surface area contributed by atoms with E-state index in [1.807, 2.05) is 6.92 Å². The van der Waals surface area contributed by atoms with Gasteiger partial charge in [0.2, 0.25) is 0 Å². The average molecular weight is 577 g/mol. The second-order valence-corrected chi connectivity index (χ2v) is 14.9. The Balaban J connectivity index is 1.87. The fourth-order valence-corrected chi connectivity index (χ4v) is 6.95. The highest BCUT2D eigenvalue weighted by atomic mass is 31.3. The fraction of sp³-hybridized carbons (Fsp3) is 0.786. The van der Waals surface area contributed by atoms with Crippen molar-refractivity contribution in [2.24, 2.45) is 17.8 Å². The van der Waals surface area contributed by atoms with Crippen LogP contribution < -0.4 is 9.26 Å². The van der Waals surface area contributed by atoms with Crippen molar-refractivity contribution in [2.75, 3.05) is 0 Å². The van der Waals surface area contributed by atoms with Crippen LogP contribution in [0.5, 0.6) is 11.5 Å². The predicted molar refractivity (Wildman–Crippen MR) is 152 cm³/mol. The van der Waals surface area contributed by atoms with E-state index in [9.17, 15) is 14.0 Å². The topological polar surface area (TPSA) is 123 Å². The summed E-state index contributed by atoms with van der Waals surface area (Å²) in [6.45, 7) is 15.1. The first-order chi connectivity index (χ1) is 17.5. The van der Waals surface area contributed by atoms with Crippen molar-refractivity contribution in [1.82, 2.24) is 0 Å². The summed E-state index contributed by atoms with van der Waals surface area (Å²) in [4.78, 5) is 27.5. The van der Waals surface area contributed by atoms with E-state index in [4.69, 9.17) is 19.0 Å². The third-order valence-electron chi connectivity index (χ3n) is 7.84. The number of hydrogen-bond donors (Lipinski definition) is 3. The Bertz CT molecular complexity index is 1010. The number of benzene rings is 1. The molecule has 1 aromatic carbocycles. The summed E-state index contributed by atoms with van der Waals surface area (Å²) in [5.74, 6) is 3.12. The van der Waals surface area contributed by atoms with Gasteiger partial charge in [-0.1, -0.05) is 72.6 Å². The summed E-state index contributed by atoms with van der Waals surface area (Å²) in [5, 5.41) is 0. The van der Waals surface area contributed by atoms with Crippen LogP contribution in [0.1, 0.15) is 116 Å². The summed E-state index contributed by atoms with van der Waals surface area (Å²) in [5.41, 5.74) is 1.89. The van der Waals surface area contributed by atoms with Crippen LogP contribution in [0.15, 0.2) is 6.07 Å². The minimum atomic E-state index is -5.19. The number of rotatable bonds is 16. The minimum absolute atomic E-state index is 0.0517. The van der Waals surface area contributed by atoms with Gasteiger partial charge in [-0.15, -0.1) is 0 Å². The first kappa shape index (κ1) is 33.3. The summed E-state index contributed by atoms with van der Waals surface area (Å²) < 4.78 is 38.5. The average Bonchev–Trinajstić information content (AvgIpc) is 2.76. The molecular weight excluding hydrogens is 526 g/mol. The number of phosphoric ester groups is 1. The number of ether oxygens (including phenoxy) is 1. The molecule has 0 spiro atoms. The number of fused-ring (bicyclic) bond motifs is 1. The third-order valence-corrected chi connectivity index (χ3v) is 9.94. The third kappa shape index (κ3) is 11.3. The molecule has 8 nitrogen and oxygen atoms in total. The summed E-state index contributed by atoms with van der Waals surface area (Å²) in [6, 6.07) is 1.61. The van der Waals surface area contributed by atoms with Gasteiger partial charge in [0.25, 0.3) is 0 Å². The van der Waals surface area contributed by atoms with Crippen LogP contribution in [0.25, 0.3) is 0 Å². The quantitative estimate of drug-likeness (QED) is 0.168. The lowest BCUT2D eigenvalue weighted by molar-refractivity contribution is 0.0514. The molecule has 0 saturated heterocycles. The molecule has 0 aliphatic carbocycles. The molecule has 0 aromatic heterocycles. The van der Waals surface area contributed by atoms with Crippen molar-refractivity contribution in [3.63, 3.8) is 0 Å². The molecule has 10 heteroatoms. The van der Waals surface area contributed by atoms with E-state index in [1.165, 1.54) is 44.9 Å². The van der Waals surface area contributed by atoms with Crippen molar-refractivity contribution in [3.8, 4) is 11.5 Å². The standard InChI is InChI=1S/C28H50O8P2/c1-20(2)11-8-12-21(3)13-9-14-22(4)15-10-17-28(7)18-16-25-19-26(23(5)24(6)27(25)34-28)35-38(32,33)36-37(29,30)31/h19-22H,8-18H2,1-7H3,(H,32,33)(H2,29,30,31). The van der Waals surface area contributed by atoms with E-state index < -0.39 is 15.6 Å².